The van der Waals surface area contributed by atoms with Gasteiger partial charge in [0.1, 0.15) is 0 Å². The number of para-hydroxylation sites is 1. The van der Waals surface area contributed by atoms with Crippen LogP contribution >= 0.6 is 11.3 Å². The number of aromatic nitrogens is 2. The van der Waals surface area contributed by atoms with E-state index in [4.69, 9.17) is 0 Å². The zero-order valence-electron chi connectivity index (χ0n) is 14.9. The molecule has 1 N–H and O–H groups in total. The standard InChI is InChI=1S/C19H23N5S/c1-14-23-17(13-25-14)12-24(3)19(20-2)22-11-9-16-7-4-6-15-8-5-10-21-18(15)16/h4-8,10,13H,9,11-12H2,1-3H3,(H,20,22). The lowest BCUT2D eigenvalue weighted by atomic mass is 10.1. The van der Waals surface area contributed by atoms with Crippen LogP contribution in [0.5, 0.6) is 0 Å². The highest BCUT2D eigenvalue weighted by Gasteiger charge is 2.09. The first-order chi connectivity index (χ1) is 12.2. The second-order valence-electron chi connectivity index (χ2n) is 5.93. The van der Waals surface area contributed by atoms with Crippen LogP contribution < -0.4 is 5.32 Å². The lowest BCUT2D eigenvalue weighted by molar-refractivity contribution is 0.471. The molecular weight excluding hydrogens is 330 g/mol. The Hall–Kier alpha value is -2.47. The number of aryl methyl sites for hydroxylation is 1. The highest BCUT2D eigenvalue weighted by molar-refractivity contribution is 7.09. The number of hydrogen-bond acceptors (Lipinski definition) is 4. The Labute approximate surface area is 152 Å². The van der Waals surface area contributed by atoms with Crippen molar-refractivity contribution < 1.29 is 0 Å². The molecule has 5 nitrogen and oxygen atoms in total. The van der Waals surface area contributed by atoms with Gasteiger partial charge in [0.2, 0.25) is 0 Å². The van der Waals surface area contributed by atoms with Gasteiger partial charge in [-0.15, -0.1) is 11.3 Å². The number of rotatable bonds is 5. The molecule has 2 heterocycles. The van der Waals surface area contributed by atoms with Crippen molar-refractivity contribution in [3.8, 4) is 0 Å². The minimum Gasteiger partial charge on any atom is -0.356 e. The van der Waals surface area contributed by atoms with Crippen molar-refractivity contribution in [1.29, 1.82) is 0 Å². The molecule has 2 aromatic heterocycles. The third kappa shape index (κ3) is 4.33. The van der Waals surface area contributed by atoms with E-state index < -0.39 is 0 Å². The molecule has 0 aliphatic carbocycles. The molecule has 0 fully saturated rings. The first kappa shape index (κ1) is 17.4. The van der Waals surface area contributed by atoms with Gasteiger partial charge in [-0.3, -0.25) is 9.98 Å². The maximum absolute atomic E-state index is 4.52. The number of hydrogen-bond donors (Lipinski definition) is 1. The molecule has 0 unspecified atom stereocenters. The molecule has 25 heavy (non-hydrogen) atoms. The van der Waals surface area contributed by atoms with Crippen LogP contribution in [-0.4, -0.2) is 41.5 Å². The van der Waals surface area contributed by atoms with Crippen LogP contribution in [0.3, 0.4) is 0 Å². The Morgan fingerprint density at radius 3 is 2.88 bits per heavy atom. The summed E-state index contributed by atoms with van der Waals surface area (Å²) in [5.41, 5.74) is 3.40. The van der Waals surface area contributed by atoms with Gasteiger partial charge < -0.3 is 10.2 Å². The fourth-order valence-corrected chi connectivity index (χ4v) is 3.47. The highest BCUT2D eigenvalue weighted by atomic mass is 32.1. The largest absolute Gasteiger partial charge is 0.356 e. The second-order valence-corrected chi connectivity index (χ2v) is 6.99. The Morgan fingerprint density at radius 2 is 2.12 bits per heavy atom. The van der Waals surface area contributed by atoms with Gasteiger partial charge in [-0.25, -0.2) is 4.98 Å². The van der Waals surface area contributed by atoms with Gasteiger partial charge in [0.15, 0.2) is 5.96 Å². The van der Waals surface area contributed by atoms with Crippen LogP contribution in [0.15, 0.2) is 46.9 Å². The average molecular weight is 353 g/mol. The molecule has 0 saturated heterocycles. The molecule has 3 aromatic rings. The summed E-state index contributed by atoms with van der Waals surface area (Å²) in [7, 11) is 3.84. The summed E-state index contributed by atoms with van der Waals surface area (Å²) < 4.78 is 0. The number of aliphatic imine (C=N–C) groups is 1. The molecule has 6 heteroatoms. The molecule has 0 spiro atoms. The van der Waals surface area contributed by atoms with E-state index in [0.29, 0.717) is 0 Å². The molecule has 1 aromatic carbocycles. The fraction of sp³-hybridized carbons (Fsp3) is 0.316. The van der Waals surface area contributed by atoms with Gasteiger partial charge in [0.05, 0.1) is 22.8 Å². The first-order valence-electron chi connectivity index (χ1n) is 8.33. The van der Waals surface area contributed by atoms with Gasteiger partial charge >= 0.3 is 0 Å². The summed E-state index contributed by atoms with van der Waals surface area (Å²) in [4.78, 5) is 15.5. The maximum atomic E-state index is 4.52. The van der Waals surface area contributed by atoms with E-state index in [-0.39, 0.29) is 0 Å². The van der Waals surface area contributed by atoms with E-state index in [0.717, 1.165) is 41.7 Å². The van der Waals surface area contributed by atoms with Crippen LogP contribution in [0.4, 0.5) is 0 Å². The van der Waals surface area contributed by atoms with Crippen molar-refractivity contribution in [2.45, 2.75) is 19.9 Å². The minimum atomic E-state index is 0.750. The molecule has 3 rings (SSSR count). The molecule has 0 radical (unpaired) electrons. The second kappa shape index (κ2) is 8.07. The SMILES string of the molecule is CN=C(NCCc1cccc2cccnc12)N(C)Cc1csc(C)n1. The maximum Gasteiger partial charge on any atom is 0.193 e. The van der Waals surface area contributed by atoms with Crippen LogP contribution in [-0.2, 0) is 13.0 Å². The third-order valence-corrected chi connectivity index (χ3v) is 4.86. The number of nitrogens with one attached hydrogen (secondary N) is 1. The predicted molar refractivity (Wildman–Crippen MR) is 105 cm³/mol. The Kier molecular flexibility index (Phi) is 5.60. The number of nitrogens with zero attached hydrogens (tertiary/aromatic N) is 4. The van der Waals surface area contributed by atoms with E-state index in [1.807, 2.05) is 33.3 Å². The Morgan fingerprint density at radius 1 is 1.28 bits per heavy atom. The smallest absolute Gasteiger partial charge is 0.193 e. The Balaban J connectivity index is 1.59. The molecule has 0 bridgehead atoms. The summed E-state index contributed by atoms with van der Waals surface area (Å²) in [6.45, 7) is 3.59. The van der Waals surface area contributed by atoms with E-state index in [9.17, 15) is 0 Å². The summed E-state index contributed by atoms with van der Waals surface area (Å²) in [6.07, 6.45) is 2.75. The topological polar surface area (TPSA) is 53.4 Å². The van der Waals surface area contributed by atoms with Gasteiger partial charge in [0, 0.05) is 37.6 Å². The van der Waals surface area contributed by atoms with Gasteiger partial charge in [-0.2, -0.15) is 0 Å². The predicted octanol–water partition coefficient (Wildman–Crippen LogP) is 3.25. The summed E-state index contributed by atoms with van der Waals surface area (Å²) >= 11 is 1.68. The number of fused-ring (bicyclic) bond motifs is 1. The van der Waals surface area contributed by atoms with E-state index in [2.05, 4.69) is 54.8 Å². The van der Waals surface area contributed by atoms with Crippen molar-refractivity contribution in [3.05, 3.63) is 58.2 Å². The molecule has 130 valence electrons. The van der Waals surface area contributed by atoms with Crippen molar-refractivity contribution >= 4 is 28.2 Å². The number of thiazole rings is 1. The van der Waals surface area contributed by atoms with Gasteiger partial charge in [-0.05, 0) is 25.0 Å². The summed E-state index contributed by atoms with van der Waals surface area (Å²) in [5, 5.41) is 7.80. The lowest BCUT2D eigenvalue weighted by Gasteiger charge is -2.21. The van der Waals surface area contributed by atoms with Crippen LogP contribution in [0.2, 0.25) is 0 Å². The van der Waals surface area contributed by atoms with Crippen molar-refractivity contribution in [1.82, 2.24) is 20.2 Å². The number of benzene rings is 1. The quantitative estimate of drug-likeness (QED) is 0.565. The monoisotopic (exact) mass is 353 g/mol. The normalized spacial score (nSPS) is 11.7. The fourth-order valence-electron chi connectivity index (χ4n) is 2.86. The van der Waals surface area contributed by atoms with Crippen molar-refractivity contribution in [2.75, 3.05) is 20.6 Å². The van der Waals surface area contributed by atoms with E-state index >= 15 is 0 Å². The van der Waals surface area contributed by atoms with Crippen molar-refractivity contribution in [3.63, 3.8) is 0 Å². The van der Waals surface area contributed by atoms with E-state index in [1.165, 1.54) is 10.9 Å². The zero-order chi connectivity index (χ0) is 17.6. The molecule has 0 saturated carbocycles. The molecule has 0 atom stereocenters. The zero-order valence-corrected chi connectivity index (χ0v) is 15.7. The molecule has 0 amide bonds. The van der Waals surface area contributed by atoms with Gasteiger partial charge in [0.25, 0.3) is 0 Å². The third-order valence-electron chi connectivity index (χ3n) is 4.03. The van der Waals surface area contributed by atoms with Crippen LogP contribution in [0, 0.1) is 6.92 Å². The van der Waals surface area contributed by atoms with Crippen LogP contribution in [0.1, 0.15) is 16.3 Å². The minimum absolute atomic E-state index is 0.750. The molecule has 0 aliphatic heterocycles. The lowest BCUT2D eigenvalue weighted by Crippen LogP contribution is -2.39. The van der Waals surface area contributed by atoms with Crippen LogP contribution in [0.25, 0.3) is 10.9 Å². The molecular formula is C19H23N5S. The van der Waals surface area contributed by atoms with E-state index in [1.54, 1.807) is 11.3 Å². The summed E-state index contributed by atoms with van der Waals surface area (Å²) in [6, 6.07) is 10.4. The molecule has 0 aliphatic rings. The van der Waals surface area contributed by atoms with Crippen molar-refractivity contribution in [2.24, 2.45) is 4.99 Å². The average Bonchev–Trinajstić information content (AvgIpc) is 3.03. The Bertz CT molecular complexity index is 866. The summed E-state index contributed by atoms with van der Waals surface area (Å²) in [5.74, 6) is 0.874. The van der Waals surface area contributed by atoms with Gasteiger partial charge in [-0.1, -0.05) is 24.3 Å². The first-order valence-corrected chi connectivity index (χ1v) is 9.21. The highest BCUT2D eigenvalue weighted by Crippen LogP contribution is 2.16. The number of pyridine rings is 1. The number of guanidine groups is 1.